The van der Waals surface area contributed by atoms with Crippen LogP contribution in [0.15, 0.2) is 42.7 Å². The lowest BCUT2D eigenvalue weighted by Gasteiger charge is -2.14. The van der Waals surface area contributed by atoms with Crippen LogP contribution in [0.5, 0.6) is 5.75 Å². The molecule has 0 fully saturated rings. The Balaban J connectivity index is 1.88. The normalized spacial score (nSPS) is 12.2. The number of nitrogens with two attached hydrogens (primary N) is 1. The molecule has 0 spiro atoms. The monoisotopic (exact) mass is 256 g/mol. The van der Waals surface area contributed by atoms with E-state index in [1.165, 1.54) is 11.1 Å². The second-order valence-electron chi connectivity index (χ2n) is 4.79. The first-order valence-electron chi connectivity index (χ1n) is 6.52. The average Bonchev–Trinajstić information content (AvgIpc) is 2.39. The first kappa shape index (κ1) is 13.6. The molecule has 1 aromatic heterocycles. The van der Waals surface area contributed by atoms with Crippen LogP contribution in [0.4, 0.5) is 0 Å². The van der Waals surface area contributed by atoms with Gasteiger partial charge >= 0.3 is 0 Å². The van der Waals surface area contributed by atoms with Gasteiger partial charge in [0.15, 0.2) is 0 Å². The Morgan fingerprint density at radius 3 is 2.84 bits per heavy atom. The van der Waals surface area contributed by atoms with Crippen molar-refractivity contribution in [2.45, 2.75) is 26.3 Å². The molecule has 3 nitrogen and oxygen atoms in total. The number of pyridine rings is 1. The number of rotatable bonds is 5. The molecule has 0 bridgehead atoms. The molecule has 0 saturated carbocycles. The summed E-state index contributed by atoms with van der Waals surface area (Å²) in [5.74, 6) is 0.898. The lowest BCUT2D eigenvalue weighted by Crippen LogP contribution is -2.15. The predicted octanol–water partition coefficient (Wildman–Crippen LogP) is 3.17. The molecule has 0 aliphatic rings. The highest BCUT2D eigenvalue weighted by Gasteiger charge is 2.09. The summed E-state index contributed by atoms with van der Waals surface area (Å²) in [6.45, 7) is 4.72. The van der Waals surface area contributed by atoms with Gasteiger partial charge in [-0.05, 0) is 48.7 Å². The summed E-state index contributed by atoms with van der Waals surface area (Å²) in [7, 11) is 0. The van der Waals surface area contributed by atoms with Crippen molar-refractivity contribution < 1.29 is 4.74 Å². The standard InChI is InChI=1S/C16H20N2O/c1-12-4-3-5-14(10-12)19-9-7-16(17)15-11-18-8-6-13(15)2/h3-6,8,10-11,16H,7,9,17H2,1-2H3. The largest absolute Gasteiger partial charge is 0.494 e. The zero-order valence-electron chi connectivity index (χ0n) is 11.5. The Kier molecular flexibility index (Phi) is 4.53. The van der Waals surface area contributed by atoms with Crippen LogP contribution in [0.1, 0.15) is 29.2 Å². The van der Waals surface area contributed by atoms with Gasteiger partial charge in [-0.3, -0.25) is 4.98 Å². The maximum Gasteiger partial charge on any atom is 0.119 e. The molecule has 2 aromatic rings. The van der Waals surface area contributed by atoms with E-state index in [9.17, 15) is 0 Å². The Morgan fingerprint density at radius 1 is 1.26 bits per heavy atom. The van der Waals surface area contributed by atoms with E-state index in [0.717, 1.165) is 17.7 Å². The summed E-state index contributed by atoms with van der Waals surface area (Å²) in [5.41, 5.74) is 9.64. The van der Waals surface area contributed by atoms with Gasteiger partial charge in [0.05, 0.1) is 6.61 Å². The van der Waals surface area contributed by atoms with Crippen molar-refractivity contribution in [2.24, 2.45) is 5.73 Å². The molecule has 1 atom stereocenters. The van der Waals surface area contributed by atoms with Crippen molar-refractivity contribution in [1.29, 1.82) is 0 Å². The fraction of sp³-hybridized carbons (Fsp3) is 0.312. The summed E-state index contributed by atoms with van der Waals surface area (Å²) in [5, 5.41) is 0. The lowest BCUT2D eigenvalue weighted by atomic mass is 10.0. The molecule has 1 aromatic carbocycles. The highest BCUT2D eigenvalue weighted by atomic mass is 16.5. The third kappa shape index (κ3) is 3.80. The van der Waals surface area contributed by atoms with Crippen LogP contribution < -0.4 is 10.5 Å². The van der Waals surface area contributed by atoms with Crippen LogP contribution in [0.25, 0.3) is 0 Å². The molecule has 100 valence electrons. The number of hydrogen-bond acceptors (Lipinski definition) is 3. The second kappa shape index (κ2) is 6.34. The van der Waals surface area contributed by atoms with Gasteiger partial charge in [0.1, 0.15) is 5.75 Å². The van der Waals surface area contributed by atoms with Crippen molar-refractivity contribution in [3.05, 3.63) is 59.4 Å². The van der Waals surface area contributed by atoms with E-state index < -0.39 is 0 Å². The summed E-state index contributed by atoms with van der Waals surface area (Å²) in [6.07, 6.45) is 4.40. The van der Waals surface area contributed by atoms with Crippen molar-refractivity contribution in [2.75, 3.05) is 6.61 Å². The van der Waals surface area contributed by atoms with E-state index in [-0.39, 0.29) is 6.04 Å². The average molecular weight is 256 g/mol. The van der Waals surface area contributed by atoms with Crippen LogP contribution >= 0.6 is 0 Å². The summed E-state index contributed by atoms with van der Waals surface area (Å²) >= 11 is 0. The molecule has 0 aliphatic carbocycles. The highest BCUT2D eigenvalue weighted by molar-refractivity contribution is 5.27. The van der Waals surface area contributed by atoms with Crippen molar-refractivity contribution in [1.82, 2.24) is 4.98 Å². The van der Waals surface area contributed by atoms with Crippen LogP contribution in [0.3, 0.4) is 0 Å². The SMILES string of the molecule is Cc1cccc(OCCC(N)c2cnccc2C)c1. The Bertz CT molecular complexity index is 540. The lowest BCUT2D eigenvalue weighted by molar-refractivity contribution is 0.298. The fourth-order valence-electron chi connectivity index (χ4n) is 2.03. The number of benzene rings is 1. The van der Waals surface area contributed by atoms with Gasteiger partial charge in [0.25, 0.3) is 0 Å². The quantitative estimate of drug-likeness (QED) is 0.894. The van der Waals surface area contributed by atoms with Gasteiger partial charge in [-0.25, -0.2) is 0 Å². The molecule has 0 saturated heterocycles. The minimum atomic E-state index is -0.0292. The second-order valence-corrected chi connectivity index (χ2v) is 4.79. The number of aromatic nitrogens is 1. The number of ether oxygens (including phenoxy) is 1. The van der Waals surface area contributed by atoms with E-state index in [1.54, 1.807) is 6.20 Å². The zero-order valence-corrected chi connectivity index (χ0v) is 11.5. The highest BCUT2D eigenvalue weighted by Crippen LogP contribution is 2.18. The predicted molar refractivity (Wildman–Crippen MR) is 77.2 cm³/mol. The van der Waals surface area contributed by atoms with Gasteiger partial charge in [-0.2, -0.15) is 0 Å². The molecule has 0 radical (unpaired) electrons. The van der Waals surface area contributed by atoms with Crippen molar-refractivity contribution in [3.63, 3.8) is 0 Å². The van der Waals surface area contributed by atoms with Crippen LogP contribution in [0.2, 0.25) is 0 Å². The molecule has 1 unspecified atom stereocenters. The maximum absolute atomic E-state index is 6.17. The van der Waals surface area contributed by atoms with E-state index in [1.807, 2.05) is 30.5 Å². The maximum atomic E-state index is 6.17. The van der Waals surface area contributed by atoms with Gasteiger partial charge in [0.2, 0.25) is 0 Å². The summed E-state index contributed by atoms with van der Waals surface area (Å²) in [4.78, 5) is 4.12. The van der Waals surface area contributed by atoms with Crippen LogP contribution in [-0.4, -0.2) is 11.6 Å². The van der Waals surface area contributed by atoms with E-state index in [2.05, 4.69) is 24.9 Å². The minimum Gasteiger partial charge on any atom is -0.494 e. The molecular formula is C16H20N2O. The molecule has 0 aliphatic heterocycles. The Morgan fingerprint density at radius 2 is 2.11 bits per heavy atom. The summed E-state index contributed by atoms with van der Waals surface area (Å²) < 4.78 is 5.72. The number of hydrogen-bond donors (Lipinski definition) is 1. The first-order chi connectivity index (χ1) is 9.16. The van der Waals surface area contributed by atoms with Crippen molar-refractivity contribution in [3.8, 4) is 5.75 Å². The van der Waals surface area contributed by atoms with Crippen molar-refractivity contribution >= 4 is 0 Å². The fourth-order valence-corrected chi connectivity index (χ4v) is 2.03. The number of aryl methyl sites for hydroxylation is 2. The summed E-state index contributed by atoms with van der Waals surface area (Å²) in [6, 6.07) is 10.00. The topological polar surface area (TPSA) is 48.1 Å². The van der Waals surface area contributed by atoms with Gasteiger partial charge < -0.3 is 10.5 Å². The molecule has 0 amide bonds. The Labute approximate surface area is 114 Å². The van der Waals surface area contributed by atoms with Gasteiger partial charge in [-0.15, -0.1) is 0 Å². The van der Waals surface area contributed by atoms with Crippen LogP contribution in [0, 0.1) is 13.8 Å². The minimum absolute atomic E-state index is 0.0292. The number of nitrogens with zero attached hydrogens (tertiary/aromatic N) is 1. The third-order valence-electron chi connectivity index (χ3n) is 3.17. The third-order valence-corrected chi connectivity index (χ3v) is 3.17. The molecule has 2 rings (SSSR count). The smallest absolute Gasteiger partial charge is 0.119 e. The molecule has 1 heterocycles. The Hall–Kier alpha value is -1.87. The van der Waals surface area contributed by atoms with E-state index >= 15 is 0 Å². The van der Waals surface area contributed by atoms with Crippen LogP contribution in [-0.2, 0) is 0 Å². The van der Waals surface area contributed by atoms with E-state index in [4.69, 9.17) is 10.5 Å². The molecule has 3 heteroatoms. The molecule has 19 heavy (non-hydrogen) atoms. The zero-order chi connectivity index (χ0) is 13.7. The molecular weight excluding hydrogens is 236 g/mol. The molecule has 2 N–H and O–H groups in total. The first-order valence-corrected chi connectivity index (χ1v) is 6.52. The van der Waals surface area contributed by atoms with E-state index in [0.29, 0.717) is 6.61 Å². The van der Waals surface area contributed by atoms with Gasteiger partial charge in [-0.1, -0.05) is 12.1 Å². The van der Waals surface area contributed by atoms with Gasteiger partial charge in [0, 0.05) is 24.9 Å².